The number of ether oxygens (including phenoxy) is 2. The van der Waals surface area contributed by atoms with Gasteiger partial charge in [0.15, 0.2) is 0 Å². The summed E-state index contributed by atoms with van der Waals surface area (Å²) in [6.45, 7) is 6.18. The van der Waals surface area contributed by atoms with Crippen molar-refractivity contribution in [1.29, 1.82) is 0 Å². The van der Waals surface area contributed by atoms with Gasteiger partial charge in [0, 0.05) is 29.5 Å². The Hall–Kier alpha value is -3.72. The molecule has 34 heavy (non-hydrogen) atoms. The van der Waals surface area contributed by atoms with E-state index in [0.29, 0.717) is 29.2 Å². The first-order valence-electron chi connectivity index (χ1n) is 10.8. The van der Waals surface area contributed by atoms with Gasteiger partial charge in [0.1, 0.15) is 16.3 Å². The van der Waals surface area contributed by atoms with Gasteiger partial charge in [-0.05, 0) is 49.9 Å². The van der Waals surface area contributed by atoms with Crippen molar-refractivity contribution < 1.29 is 24.0 Å². The number of carbonyl (C=O) groups excluding carboxylic acids is 2. The van der Waals surface area contributed by atoms with Crippen molar-refractivity contribution in [2.24, 2.45) is 0 Å². The maximum absolute atomic E-state index is 12.7. The van der Waals surface area contributed by atoms with Crippen LogP contribution in [0, 0.1) is 24.0 Å². The molecule has 0 atom stereocenters. The minimum Gasteiger partial charge on any atom is -0.493 e. The van der Waals surface area contributed by atoms with E-state index in [2.05, 4.69) is 5.32 Å². The van der Waals surface area contributed by atoms with Crippen molar-refractivity contribution in [3.05, 3.63) is 74.6 Å². The molecule has 1 heterocycles. The molecule has 1 N–H and O–H groups in total. The third kappa shape index (κ3) is 6.20. The Morgan fingerprint density at radius 1 is 1.15 bits per heavy atom. The average Bonchev–Trinajstić information content (AvgIpc) is 3.22. The highest BCUT2D eigenvalue weighted by Crippen LogP contribution is 2.37. The molecule has 0 saturated carbocycles. The van der Waals surface area contributed by atoms with E-state index in [-0.39, 0.29) is 30.2 Å². The van der Waals surface area contributed by atoms with Gasteiger partial charge in [-0.2, -0.15) is 0 Å². The lowest BCUT2D eigenvalue weighted by atomic mass is 10.0. The molecule has 0 saturated heterocycles. The molecular weight excluding hydrogens is 456 g/mol. The second-order valence-electron chi connectivity index (χ2n) is 7.65. The summed E-state index contributed by atoms with van der Waals surface area (Å²) in [6.07, 6.45) is 0.703. The lowest BCUT2D eigenvalue weighted by Gasteiger charge is -2.11. The van der Waals surface area contributed by atoms with E-state index in [4.69, 9.17) is 9.47 Å². The predicted octanol–water partition coefficient (Wildman–Crippen LogP) is 5.91. The maximum Gasteiger partial charge on any atom is 0.341 e. The van der Waals surface area contributed by atoms with E-state index < -0.39 is 10.9 Å². The third-order valence-electron chi connectivity index (χ3n) is 5.04. The van der Waals surface area contributed by atoms with Gasteiger partial charge in [0.2, 0.25) is 5.91 Å². The zero-order valence-electron chi connectivity index (χ0n) is 19.3. The number of rotatable bonds is 10. The number of thiophene rings is 1. The molecule has 0 fully saturated rings. The number of nitrogens with one attached hydrogen (secondary N) is 1. The Bertz CT molecular complexity index is 1200. The molecule has 0 aliphatic rings. The Labute approximate surface area is 201 Å². The quantitative estimate of drug-likeness (QED) is 0.166. The first-order valence-corrected chi connectivity index (χ1v) is 11.7. The number of anilines is 1. The van der Waals surface area contributed by atoms with Crippen LogP contribution in [0.2, 0.25) is 0 Å². The zero-order valence-corrected chi connectivity index (χ0v) is 20.1. The molecule has 0 aliphatic carbocycles. The summed E-state index contributed by atoms with van der Waals surface area (Å²) in [5.74, 6) is -0.0637. The zero-order chi connectivity index (χ0) is 24.7. The number of nitro groups is 1. The van der Waals surface area contributed by atoms with Gasteiger partial charge in [-0.25, -0.2) is 4.79 Å². The monoisotopic (exact) mass is 482 g/mol. The summed E-state index contributed by atoms with van der Waals surface area (Å²) < 4.78 is 11.0. The van der Waals surface area contributed by atoms with Crippen LogP contribution in [-0.4, -0.2) is 30.0 Å². The van der Waals surface area contributed by atoms with Gasteiger partial charge in [0.05, 0.1) is 18.1 Å². The van der Waals surface area contributed by atoms with E-state index >= 15 is 0 Å². The molecule has 8 nitrogen and oxygen atoms in total. The molecule has 1 aromatic heterocycles. The van der Waals surface area contributed by atoms with Crippen LogP contribution in [0.25, 0.3) is 11.1 Å². The highest BCUT2D eigenvalue weighted by molar-refractivity contribution is 7.15. The minimum absolute atomic E-state index is 0.0899. The third-order valence-corrected chi connectivity index (χ3v) is 5.94. The summed E-state index contributed by atoms with van der Waals surface area (Å²) in [7, 11) is 0. The fourth-order valence-electron chi connectivity index (χ4n) is 3.32. The molecular formula is C25H26N2O6S. The van der Waals surface area contributed by atoms with E-state index in [9.17, 15) is 19.7 Å². The highest BCUT2D eigenvalue weighted by Gasteiger charge is 2.23. The second-order valence-corrected chi connectivity index (χ2v) is 8.53. The molecule has 0 spiro atoms. The number of aryl methyl sites for hydroxylation is 2. The number of hydrogen-bond donors (Lipinski definition) is 1. The molecule has 0 unspecified atom stereocenters. The number of hydrogen-bond acceptors (Lipinski definition) is 7. The fourth-order valence-corrected chi connectivity index (χ4v) is 4.30. The van der Waals surface area contributed by atoms with Gasteiger partial charge in [-0.15, -0.1) is 11.3 Å². The second kappa shape index (κ2) is 11.4. The van der Waals surface area contributed by atoms with Crippen molar-refractivity contribution >= 4 is 33.9 Å². The van der Waals surface area contributed by atoms with Crippen molar-refractivity contribution in [1.82, 2.24) is 0 Å². The van der Waals surface area contributed by atoms with Crippen LogP contribution in [0.15, 0.2) is 47.8 Å². The molecule has 3 rings (SSSR count). The Morgan fingerprint density at radius 3 is 2.68 bits per heavy atom. The van der Waals surface area contributed by atoms with Crippen LogP contribution in [0.3, 0.4) is 0 Å². The maximum atomic E-state index is 12.7. The number of esters is 1. The summed E-state index contributed by atoms with van der Waals surface area (Å²) in [5.41, 5.74) is 3.19. The predicted molar refractivity (Wildman–Crippen MR) is 132 cm³/mol. The van der Waals surface area contributed by atoms with E-state index in [1.54, 1.807) is 24.4 Å². The lowest BCUT2D eigenvalue weighted by molar-refractivity contribution is -0.384. The summed E-state index contributed by atoms with van der Waals surface area (Å²) >= 11 is 1.17. The van der Waals surface area contributed by atoms with Gasteiger partial charge < -0.3 is 14.8 Å². The standard InChI is InChI=1S/C25H26N2O6S/c1-4-32-25(29)23-20(18-7-5-8-19(14-18)27(30)31)15-34-24(23)26-22(28)9-6-12-33-21-13-16(2)10-11-17(21)3/h5,7-8,10-11,13-15H,4,6,9,12H2,1-3H3,(H,26,28). The summed E-state index contributed by atoms with van der Waals surface area (Å²) in [4.78, 5) is 35.9. The number of nitro benzene ring substituents is 1. The van der Waals surface area contributed by atoms with Crippen molar-refractivity contribution in [2.45, 2.75) is 33.6 Å². The Kier molecular flexibility index (Phi) is 8.37. The molecule has 0 bridgehead atoms. The Morgan fingerprint density at radius 2 is 1.94 bits per heavy atom. The van der Waals surface area contributed by atoms with Crippen LogP contribution < -0.4 is 10.1 Å². The van der Waals surface area contributed by atoms with Crippen LogP contribution in [0.5, 0.6) is 5.75 Å². The smallest absolute Gasteiger partial charge is 0.341 e. The largest absolute Gasteiger partial charge is 0.493 e. The molecule has 3 aromatic rings. The Balaban J connectivity index is 1.70. The summed E-state index contributed by atoms with van der Waals surface area (Å²) in [6, 6.07) is 12.0. The molecule has 1 amide bonds. The van der Waals surface area contributed by atoms with Crippen molar-refractivity contribution in [3.63, 3.8) is 0 Å². The van der Waals surface area contributed by atoms with Crippen LogP contribution in [0.1, 0.15) is 41.3 Å². The van der Waals surface area contributed by atoms with E-state index in [1.807, 2.05) is 32.0 Å². The lowest BCUT2D eigenvalue weighted by Crippen LogP contribution is -2.15. The van der Waals surface area contributed by atoms with E-state index in [0.717, 1.165) is 16.9 Å². The molecule has 0 aliphatic heterocycles. The normalized spacial score (nSPS) is 10.6. The average molecular weight is 483 g/mol. The molecule has 9 heteroatoms. The van der Waals surface area contributed by atoms with Crippen molar-refractivity contribution in [3.8, 4) is 16.9 Å². The van der Waals surface area contributed by atoms with Crippen molar-refractivity contribution in [2.75, 3.05) is 18.5 Å². The van der Waals surface area contributed by atoms with E-state index in [1.165, 1.54) is 23.5 Å². The van der Waals surface area contributed by atoms with Gasteiger partial charge in [0.25, 0.3) is 5.69 Å². The van der Waals surface area contributed by atoms with Gasteiger partial charge in [-0.3, -0.25) is 14.9 Å². The highest BCUT2D eigenvalue weighted by atomic mass is 32.1. The minimum atomic E-state index is -0.598. The first kappa shape index (κ1) is 24.9. The number of benzene rings is 2. The molecule has 2 aromatic carbocycles. The topological polar surface area (TPSA) is 108 Å². The van der Waals surface area contributed by atoms with Crippen LogP contribution in [0.4, 0.5) is 10.7 Å². The van der Waals surface area contributed by atoms with Gasteiger partial charge in [-0.1, -0.05) is 24.3 Å². The number of amides is 1. The number of nitrogens with zero attached hydrogens (tertiary/aromatic N) is 1. The number of non-ortho nitro benzene ring substituents is 1. The SMILES string of the molecule is CCOC(=O)c1c(-c2cccc([N+](=O)[O-])c2)csc1NC(=O)CCCOc1cc(C)ccc1C. The fraction of sp³-hybridized carbons (Fsp3) is 0.280. The summed E-state index contributed by atoms with van der Waals surface area (Å²) in [5, 5.41) is 16.0. The van der Waals surface area contributed by atoms with Gasteiger partial charge >= 0.3 is 5.97 Å². The molecule has 0 radical (unpaired) electrons. The molecule has 178 valence electrons. The first-order chi connectivity index (χ1) is 16.3. The number of carbonyl (C=O) groups is 2. The van der Waals surface area contributed by atoms with Crippen LogP contribution in [-0.2, 0) is 9.53 Å². The van der Waals surface area contributed by atoms with Crippen LogP contribution >= 0.6 is 11.3 Å².